The highest BCUT2D eigenvalue weighted by atomic mass is 79.9. The molecule has 1 aliphatic rings. The van der Waals surface area contributed by atoms with Gasteiger partial charge in [0.2, 0.25) is 0 Å². The second-order valence-electron chi connectivity index (χ2n) is 4.24. The first-order chi connectivity index (χ1) is 8.29. The summed E-state index contributed by atoms with van der Waals surface area (Å²) < 4.78 is 3.46. The predicted molar refractivity (Wildman–Crippen MR) is 74.1 cm³/mol. The maximum Gasteiger partial charge on any atom is 0.123 e. The van der Waals surface area contributed by atoms with Crippen LogP contribution in [0.3, 0.4) is 0 Å². The van der Waals surface area contributed by atoms with Gasteiger partial charge in [-0.05, 0) is 47.3 Å². The van der Waals surface area contributed by atoms with Crippen LogP contribution in [0, 0.1) is 0 Å². The number of imidazole rings is 1. The van der Waals surface area contributed by atoms with Gasteiger partial charge in [-0.15, -0.1) is 11.3 Å². The minimum Gasteiger partial charge on any atom is -0.330 e. The number of thiophene rings is 1. The number of halogens is 1. The van der Waals surface area contributed by atoms with Gasteiger partial charge in [-0.1, -0.05) is 0 Å². The Balaban J connectivity index is 2.13. The Labute approximate surface area is 113 Å². The Morgan fingerprint density at radius 1 is 1.41 bits per heavy atom. The van der Waals surface area contributed by atoms with E-state index in [0.29, 0.717) is 6.54 Å². The second-order valence-corrected chi connectivity index (χ2v) is 6.70. The zero-order chi connectivity index (χ0) is 11.8. The van der Waals surface area contributed by atoms with Crippen molar-refractivity contribution in [1.29, 1.82) is 0 Å². The van der Waals surface area contributed by atoms with Crippen LogP contribution in [-0.4, -0.2) is 9.55 Å². The standard InChI is InChI=1S/C12H14BrN3S/c13-10-5-4-9(17-10)12-8-3-1-2-6-16(8)11(7-14)15-12/h4-5H,1-3,6-7,14H2. The van der Waals surface area contributed by atoms with Crippen molar-refractivity contribution in [1.82, 2.24) is 9.55 Å². The van der Waals surface area contributed by atoms with E-state index in [9.17, 15) is 0 Å². The minimum absolute atomic E-state index is 0.527. The van der Waals surface area contributed by atoms with Crippen LogP contribution in [0.15, 0.2) is 15.9 Å². The van der Waals surface area contributed by atoms with Crippen molar-refractivity contribution in [2.24, 2.45) is 5.73 Å². The van der Waals surface area contributed by atoms with Crippen LogP contribution in [0.2, 0.25) is 0 Å². The molecule has 2 aromatic rings. The number of fused-ring (bicyclic) bond motifs is 1. The van der Waals surface area contributed by atoms with E-state index in [2.05, 4.69) is 32.6 Å². The van der Waals surface area contributed by atoms with E-state index in [0.717, 1.165) is 28.3 Å². The lowest BCUT2D eigenvalue weighted by Gasteiger charge is -2.16. The Hall–Kier alpha value is -0.650. The highest BCUT2D eigenvalue weighted by molar-refractivity contribution is 9.11. The second kappa shape index (κ2) is 4.55. The summed E-state index contributed by atoms with van der Waals surface area (Å²) in [6.07, 6.45) is 3.62. The van der Waals surface area contributed by atoms with Gasteiger partial charge in [0.1, 0.15) is 11.5 Å². The molecule has 0 radical (unpaired) electrons. The molecule has 0 atom stereocenters. The summed E-state index contributed by atoms with van der Waals surface area (Å²) in [5.41, 5.74) is 8.29. The summed E-state index contributed by atoms with van der Waals surface area (Å²) in [5, 5.41) is 0. The molecule has 0 amide bonds. The summed E-state index contributed by atoms with van der Waals surface area (Å²) >= 11 is 5.25. The lowest BCUT2D eigenvalue weighted by molar-refractivity contribution is 0.515. The van der Waals surface area contributed by atoms with Crippen molar-refractivity contribution in [3.05, 3.63) is 27.4 Å². The molecule has 1 aliphatic heterocycles. The summed E-state index contributed by atoms with van der Waals surface area (Å²) in [7, 11) is 0. The summed E-state index contributed by atoms with van der Waals surface area (Å²) in [4.78, 5) is 5.96. The molecular weight excluding hydrogens is 298 g/mol. The largest absolute Gasteiger partial charge is 0.330 e. The van der Waals surface area contributed by atoms with Crippen LogP contribution in [0.4, 0.5) is 0 Å². The van der Waals surface area contributed by atoms with Gasteiger partial charge in [-0.2, -0.15) is 0 Å². The van der Waals surface area contributed by atoms with E-state index in [4.69, 9.17) is 10.7 Å². The fourth-order valence-electron chi connectivity index (χ4n) is 2.41. The van der Waals surface area contributed by atoms with Crippen LogP contribution < -0.4 is 5.73 Å². The number of aromatic nitrogens is 2. The van der Waals surface area contributed by atoms with E-state index >= 15 is 0 Å². The Bertz CT molecular complexity index is 544. The average molecular weight is 312 g/mol. The summed E-state index contributed by atoms with van der Waals surface area (Å²) in [6, 6.07) is 4.21. The topological polar surface area (TPSA) is 43.8 Å². The molecule has 90 valence electrons. The van der Waals surface area contributed by atoms with Gasteiger partial charge in [0.15, 0.2) is 0 Å². The van der Waals surface area contributed by atoms with E-state index in [-0.39, 0.29) is 0 Å². The number of hydrogen-bond acceptors (Lipinski definition) is 3. The predicted octanol–water partition coefficient (Wildman–Crippen LogP) is 3.17. The van der Waals surface area contributed by atoms with Crippen LogP contribution in [0.5, 0.6) is 0 Å². The van der Waals surface area contributed by atoms with E-state index in [1.165, 1.54) is 23.4 Å². The van der Waals surface area contributed by atoms with E-state index in [1.54, 1.807) is 11.3 Å². The molecule has 0 fully saturated rings. The average Bonchev–Trinajstić information content (AvgIpc) is 2.92. The van der Waals surface area contributed by atoms with Crippen molar-refractivity contribution >= 4 is 27.3 Å². The van der Waals surface area contributed by atoms with Gasteiger partial charge in [-0.25, -0.2) is 4.98 Å². The van der Waals surface area contributed by atoms with Crippen LogP contribution in [0.25, 0.3) is 10.6 Å². The highest BCUT2D eigenvalue weighted by Gasteiger charge is 2.20. The molecule has 17 heavy (non-hydrogen) atoms. The molecule has 0 spiro atoms. The summed E-state index contributed by atoms with van der Waals surface area (Å²) in [6.45, 7) is 1.60. The number of nitrogens with zero attached hydrogens (tertiary/aromatic N) is 2. The van der Waals surface area contributed by atoms with Crippen LogP contribution in [0.1, 0.15) is 24.4 Å². The smallest absolute Gasteiger partial charge is 0.123 e. The van der Waals surface area contributed by atoms with Gasteiger partial charge in [0.05, 0.1) is 15.2 Å². The van der Waals surface area contributed by atoms with Gasteiger partial charge in [0, 0.05) is 12.2 Å². The van der Waals surface area contributed by atoms with Crippen molar-refractivity contribution in [3.63, 3.8) is 0 Å². The molecular formula is C12H14BrN3S. The van der Waals surface area contributed by atoms with Gasteiger partial charge in [0.25, 0.3) is 0 Å². The normalized spacial score (nSPS) is 14.9. The summed E-state index contributed by atoms with van der Waals surface area (Å²) in [5.74, 6) is 1.03. The zero-order valence-electron chi connectivity index (χ0n) is 9.45. The zero-order valence-corrected chi connectivity index (χ0v) is 11.9. The van der Waals surface area contributed by atoms with Crippen molar-refractivity contribution in [2.75, 3.05) is 0 Å². The molecule has 3 nitrogen and oxygen atoms in total. The first kappa shape index (κ1) is 11.4. The fraction of sp³-hybridized carbons (Fsp3) is 0.417. The third-order valence-corrected chi connectivity index (χ3v) is 4.82. The maximum atomic E-state index is 5.78. The Morgan fingerprint density at radius 3 is 3.00 bits per heavy atom. The van der Waals surface area contributed by atoms with Crippen molar-refractivity contribution < 1.29 is 0 Å². The molecule has 0 aliphatic carbocycles. The monoisotopic (exact) mass is 311 g/mol. The van der Waals surface area contributed by atoms with Gasteiger partial charge in [-0.3, -0.25) is 0 Å². The molecule has 0 aromatic carbocycles. The SMILES string of the molecule is NCc1nc(-c2ccc(Br)s2)c2n1CCCC2. The molecule has 5 heteroatoms. The third kappa shape index (κ3) is 1.96. The first-order valence-electron chi connectivity index (χ1n) is 5.83. The third-order valence-electron chi connectivity index (χ3n) is 3.19. The lowest BCUT2D eigenvalue weighted by atomic mass is 10.1. The molecule has 0 saturated heterocycles. The van der Waals surface area contributed by atoms with E-state index in [1.807, 2.05) is 0 Å². The lowest BCUT2D eigenvalue weighted by Crippen LogP contribution is -2.15. The first-order valence-corrected chi connectivity index (χ1v) is 7.44. The molecule has 3 heterocycles. The van der Waals surface area contributed by atoms with Gasteiger partial charge >= 0.3 is 0 Å². The maximum absolute atomic E-state index is 5.78. The van der Waals surface area contributed by atoms with Crippen molar-refractivity contribution in [3.8, 4) is 10.6 Å². The Kier molecular flexibility index (Phi) is 3.06. The molecule has 0 saturated carbocycles. The fourth-order valence-corrected chi connectivity index (χ4v) is 3.81. The molecule has 3 rings (SSSR count). The van der Waals surface area contributed by atoms with Gasteiger partial charge < -0.3 is 10.3 Å². The molecule has 2 N–H and O–H groups in total. The molecule has 0 unspecified atom stereocenters. The molecule has 0 bridgehead atoms. The van der Waals surface area contributed by atoms with Crippen molar-refractivity contribution in [2.45, 2.75) is 32.4 Å². The minimum atomic E-state index is 0.527. The van der Waals surface area contributed by atoms with E-state index < -0.39 is 0 Å². The Morgan fingerprint density at radius 2 is 2.29 bits per heavy atom. The van der Waals surface area contributed by atoms with Crippen LogP contribution >= 0.6 is 27.3 Å². The number of rotatable bonds is 2. The molecule has 2 aromatic heterocycles. The number of hydrogen-bond donors (Lipinski definition) is 1. The quantitative estimate of drug-likeness (QED) is 0.925. The number of nitrogens with two attached hydrogens (primary N) is 1. The van der Waals surface area contributed by atoms with Crippen LogP contribution in [-0.2, 0) is 19.5 Å². The highest BCUT2D eigenvalue weighted by Crippen LogP contribution is 2.35.